The molecule has 7 N–H and O–H groups in total. The molecule has 2 aliphatic heterocycles. The van der Waals surface area contributed by atoms with E-state index in [4.69, 9.17) is 14.2 Å². The van der Waals surface area contributed by atoms with E-state index in [2.05, 4.69) is 15.6 Å². The molecule has 4 aliphatic rings. The number of methoxy groups -OCH3 is 1. The average Bonchev–Trinajstić information content (AvgIpc) is 3.72. The average molecular weight is 817 g/mol. The van der Waals surface area contributed by atoms with E-state index >= 15 is 0 Å². The van der Waals surface area contributed by atoms with E-state index in [0.29, 0.717) is 18.4 Å². The number of rotatable bonds is 10. The molecule has 2 aromatic carbocycles. The summed E-state index contributed by atoms with van der Waals surface area (Å²) >= 11 is 0. The molecule has 0 radical (unpaired) electrons. The van der Waals surface area contributed by atoms with E-state index in [1.54, 1.807) is 0 Å². The van der Waals surface area contributed by atoms with Crippen LogP contribution < -0.4 is 15.4 Å². The number of hydrogen-bond acceptors (Lipinski definition) is 15. The van der Waals surface area contributed by atoms with Gasteiger partial charge in [-0.2, -0.15) is 0 Å². The zero-order chi connectivity index (χ0) is 42.5. The van der Waals surface area contributed by atoms with Crippen molar-refractivity contribution in [3.63, 3.8) is 0 Å². The van der Waals surface area contributed by atoms with E-state index in [0.717, 1.165) is 0 Å². The standard InChI is InChI=1S/C41H44N4O14/c1-18(43-38(53)20-9-11-42-12-10-20)40(55)45-13-5-7-24(45)39(54)44-23-14-28(58-19(2)33(23)48)59-26-16-41(56,27(47)17-46)15-22-30(26)37(52)32-31(35(22)50)34(49)21-6-4-8-25(57-3)29(21)36(32)51/h4,6,8-12,18-19,23-24,26,28,33,46,48,50,52,56H,5,7,13-17H2,1-3H3,(H,43,53)(H,44,54)/t18-,19+,23+,24-,26+,28+,33+,41+/m1/s1. The van der Waals surface area contributed by atoms with E-state index < -0.39 is 125 Å². The Hall–Kier alpha value is -5.79. The number of carbonyl (C=O) groups is 6. The summed E-state index contributed by atoms with van der Waals surface area (Å²) in [5.74, 6) is -5.77. The molecule has 2 aliphatic carbocycles. The second kappa shape index (κ2) is 16.1. The summed E-state index contributed by atoms with van der Waals surface area (Å²) in [6, 6.07) is 4.33. The van der Waals surface area contributed by atoms with Crippen molar-refractivity contribution in [1.29, 1.82) is 0 Å². The molecule has 2 saturated heterocycles. The molecule has 3 aromatic rings. The van der Waals surface area contributed by atoms with Gasteiger partial charge in [0.05, 0.1) is 42.0 Å². The Morgan fingerprint density at radius 2 is 1.76 bits per heavy atom. The van der Waals surface area contributed by atoms with Gasteiger partial charge >= 0.3 is 0 Å². The lowest BCUT2D eigenvalue weighted by molar-refractivity contribution is -0.249. The number of phenols is 2. The van der Waals surface area contributed by atoms with Crippen molar-refractivity contribution in [3.05, 3.63) is 81.7 Å². The molecule has 59 heavy (non-hydrogen) atoms. The smallest absolute Gasteiger partial charge is 0.252 e. The van der Waals surface area contributed by atoms with Crippen LogP contribution in [0.2, 0.25) is 0 Å². The lowest BCUT2D eigenvalue weighted by Gasteiger charge is -2.43. The number of phenolic OH excluding ortho intramolecular Hbond substituents is 2. The van der Waals surface area contributed by atoms with E-state index in [-0.39, 0.29) is 41.0 Å². The molecular weight excluding hydrogens is 772 g/mol. The second-order valence-corrected chi connectivity index (χ2v) is 15.2. The van der Waals surface area contributed by atoms with Crippen molar-refractivity contribution in [2.75, 3.05) is 20.3 Å². The molecule has 2 fully saturated rings. The molecule has 3 amide bonds. The minimum absolute atomic E-state index is 0.0439. The molecule has 18 heteroatoms. The molecule has 7 rings (SSSR count). The van der Waals surface area contributed by atoms with Crippen LogP contribution >= 0.6 is 0 Å². The number of Topliss-reactive ketones (excluding diaryl/α,β-unsaturated/α-hetero) is 1. The number of hydrogen-bond donors (Lipinski definition) is 7. The topological polar surface area (TPSA) is 271 Å². The minimum atomic E-state index is -2.38. The minimum Gasteiger partial charge on any atom is -0.507 e. The van der Waals surface area contributed by atoms with Crippen LogP contribution in [-0.2, 0) is 30.3 Å². The van der Waals surface area contributed by atoms with Gasteiger partial charge in [-0.05, 0) is 44.9 Å². The number of aromatic nitrogens is 1. The zero-order valence-electron chi connectivity index (χ0n) is 32.3. The van der Waals surface area contributed by atoms with Crippen LogP contribution in [0.15, 0.2) is 42.7 Å². The molecule has 0 spiro atoms. The summed E-state index contributed by atoms with van der Waals surface area (Å²) in [6.07, 6.45) is -2.91. The van der Waals surface area contributed by atoms with Gasteiger partial charge in [0.1, 0.15) is 47.6 Å². The molecule has 1 aromatic heterocycles. The maximum atomic E-state index is 14.0. The second-order valence-electron chi connectivity index (χ2n) is 15.2. The van der Waals surface area contributed by atoms with Crippen molar-refractivity contribution >= 4 is 35.1 Å². The summed E-state index contributed by atoms with van der Waals surface area (Å²) in [6.45, 7) is 2.16. The van der Waals surface area contributed by atoms with Crippen LogP contribution in [0.1, 0.15) is 99.0 Å². The fourth-order valence-electron chi connectivity index (χ4n) is 8.53. The van der Waals surface area contributed by atoms with Crippen LogP contribution in [0, 0.1) is 0 Å². The number of aromatic hydroxyl groups is 2. The first-order valence-corrected chi connectivity index (χ1v) is 19.1. The highest BCUT2D eigenvalue weighted by Crippen LogP contribution is 2.52. The molecule has 0 unspecified atom stereocenters. The van der Waals surface area contributed by atoms with Gasteiger partial charge in [-0.15, -0.1) is 0 Å². The quantitative estimate of drug-likeness (QED) is 0.107. The maximum Gasteiger partial charge on any atom is 0.252 e. The first-order chi connectivity index (χ1) is 28.1. The third-order valence-corrected chi connectivity index (χ3v) is 11.6. The van der Waals surface area contributed by atoms with E-state index in [1.165, 1.54) is 68.6 Å². The van der Waals surface area contributed by atoms with Crippen molar-refractivity contribution in [2.45, 2.75) is 94.3 Å². The number of carbonyl (C=O) groups excluding carboxylic acids is 6. The summed E-state index contributed by atoms with van der Waals surface area (Å²) in [4.78, 5) is 86.0. The predicted octanol–water partition coefficient (Wildman–Crippen LogP) is 0.363. The number of nitrogens with zero attached hydrogens (tertiary/aromatic N) is 2. The predicted molar refractivity (Wildman–Crippen MR) is 202 cm³/mol. The van der Waals surface area contributed by atoms with Gasteiger partial charge in [-0.1, -0.05) is 12.1 Å². The van der Waals surface area contributed by atoms with Crippen molar-refractivity contribution in [1.82, 2.24) is 20.5 Å². The lowest BCUT2D eigenvalue weighted by atomic mass is 9.72. The highest BCUT2D eigenvalue weighted by Gasteiger charge is 2.51. The molecule has 18 nitrogen and oxygen atoms in total. The molecule has 312 valence electrons. The Balaban J connectivity index is 1.14. The molecular formula is C41H44N4O14. The Morgan fingerprint density at radius 1 is 1.05 bits per heavy atom. The number of aliphatic hydroxyl groups excluding tert-OH is 2. The van der Waals surface area contributed by atoms with Crippen LogP contribution in [0.5, 0.6) is 17.2 Å². The maximum absolute atomic E-state index is 14.0. The third kappa shape index (κ3) is 7.31. The summed E-state index contributed by atoms with van der Waals surface area (Å²) < 4.78 is 17.6. The Kier molecular flexibility index (Phi) is 11.3. The lowest BCUT2D eigenvalue weighted by Crippen LogP contribution is -2.59. The third-order valence-electron chi connectivity index (χ3n) is 11.6. The van der Waals surface area contributed by atoms with Gasteiger partial charge in [-0.25, -0.2) is 0 Å². The molecule has 8 atom stereocenters. The van der Waals surface area contributed by atoms with Crippen LogP contribution in [0.25, 0.3) is 0 Å². The van der Waals surface area contributed by atoms with Gasteiger partial charge in [0.25, 0.3) is 5.91 Å². The number of likely N-dealkylation sites (tertiary alicyclic amines) is 1. The van der Waals surface area contributed by atoms with Gasteiger partial charge in [-0.3, -0.25) is 33.8 Å². The van der Waals surface area contributed by atoms with Crippen molar-refractivity contribution in [2.24, 2.45) is 0 Å². The van der Waals surface area contributed by atoms with Crippen LogP contribution in [0.4, 0.5) is 0 Å². The number of ketones is 3. The Labute approximate surface area is 337 Å². The number of nitrogens with one attached hydrogen (secondary N) is 2. The molecule has 0 bridgehead atoms. The Bertz CT molecular complexity index is 2230. The fourth-order valence-corrected chi connectivity index (χ4v) is 8.53. The highest BCUT2D eigenvalue weighted by molar-refractivity contribution is 6.31. The van der Waals surface area contributed by atoms with Crippen molar-refractivity contribution in [3.8, 4) is 17.2 Å². The van der Waals surface area contributed by atoms with Gasteiger partial charge in [0.2, 0.25) is 17.6 Å². The Morgan fingerprint density at radius 3 is 2.46 bits per heavy atom. The normalized spacial score (nSPS) is 26.6. The van der Waals surface area contributed by atoms with Gasteiger partial charge < -0.3 is 55.3 Å². The highest BCUT2D eigenvalue weighted by atomic mass is 16.7. The monoisotopic (exact) mass is 816 g/mol. The number of ether oxygens (including phenoxy) is 3. The number of pyridine rings is 1. The first kappa shape index (κ1) is 41.4. The van der Waals surface area contributed by atoms with E-state index in [1.807, 2.05) is 0 Å². The largest absolute Gasteiger partial charge is 0.507 e. The number of amides is 3. The number of fused-ring (bicyclic) bond motifs is 3. The molecule has 3 heterocycles. The van der Waals surface area contributed by atoms with Crippen LogP contribution in [0.3, 0.4) is 0 Å². The first-order valence-electron chi connectivity index (χ1n) is 19.1. The summed E-state index contributed by atoms with van der Waals surface area (Å²) in [7, 11) is 1.30. The zero-order valence-corrected chi connectivity index (χ0v) is 32.3. The summed E-state index contributed by atoms with van der Waals surface area (Å²) in [5, 5.41) is 61.5. The fraction of sp³-hybridized carbons (Fsp3) is 0.439. The van der Waals surface area contributed by atoms with Crippen LogP contribution in [-0.4, -0.2) is 133 Å². The van der Waals surface area contributed by atoms with Gasteiger partial charge in [0.15, 0.2) is 17.9 Å². The summed E-state index contributed by atoms with van der Waals surface area (Å²) in [5.41, 5.74) is -3.92. The van der Waals surface area contributed by atoms with E-state index in [9.17, 15) is 54.3 Å². The van der Waals surface area contributed by atoms with Gasteiger partial charge in [0, 0.05) is 60.5 Å². The SMILES string of the molecule is COc1cccc2c1C(=O)c1c(O)c3c(c(O)c1C2=O)C[C@@](O)(C(=O)CO)C[C@@H]3O[C@H]1C[C@H](NC(=O)[C@H]2CCCN2C(=O)[C@@H](C)NC(=O)c2ccncc2)[C@@H](O)[C@H](C)O1. The molecule has 0 saturated carbocycles. The number of aliphatic hydroxyl groups is 3. The number of benzene rings is 2. The van der Waals surface area contributed by atoms with Crippen molar-refractivity contribution < 1.29 is 68.5 Å².